The van der Waals surface area contributed by atoms with E-state index >= 15 is 0 Å². The van der Waals surface area contributed by atoms with Crippen LogP contribution >= 0.6 is 0 Å². The van der Waals surface area contributed by atoms with Crippen molar-refractivity contribution in [3.63, 3.8) is 0 Å². The van der Waals surface area contributed by atoms with E-state index in [0.717, 1.165) is 37.3 Å². The number of rotatable bonds is 3. The van der Waals surface area contributed by atoms with Gasteiger partial charge in [0, 0.05) is 37.9 Å². The largest absolute Gasteiger partial charge is 0.381 e. The molecule has 3 aliphatic rings. The van der Waals surface area contributed by atoms with E-state index in [0.29, 0.717) is 0 Å². The van der Waals surface area contributed by atoms with E-state index in [4.69, 9.17) is 4.74 Å². The van der Waals surface area contributed by atoms with Gasteiger partial charge in [0.15, 0.2) is 0 Å². The number of piperidine rings is 1. The standard InChI is InChI=1S/C14H26N2O/c1-15-12-8-13-2-3-14(9-12)16(13)10-11-4-6-17-7-5-11/h11-15H,2-10H2,1H3. The summed E-state index contributed by atoms with van der Waals surface area (Å²) >= 11 is 0. The third kappa shape index (κ3) is 2.51. The smallest absolute Gasteiger partial charge is 0.0469 e. The second kappa shape index (κ2) is 5.25. The topological polar surface area (TPSA) is 24.5 Å². The van der Waals surface area contributed by atoms with Gasteiger partial charge in [-0.2, -0.15) is 0 Å². The van der Waals surface area contributed by atoms with Crippen molar-refractivity contribution in [1.82, 2.24) is 10.2 Å². The highest BCUT2D eigenvalue weighted by atomic mass is 16.5. The van der Waals surface area contributed by atoms with Crippen LogP contribution in [0.1, 0.15) is 38.5 Å². The lowest BCUT2D eigenvalue weighted by molar-refractivity contribution is 0.0324. The summed E-state index contributed by atoms with van der Waals surface area (Å²) in [5.74, 6) is 0.901. The summed E-state index contributed by atoms with van der Waals surface area (Å²) in [5.41, 5.74) is 0. The fourth-order valence-electron chi connectivity index (χ4n) is 4.04. The van der Waals surface area contributed by atoms with Gasteiger partial charge in [0.25, 0.3) is 0 Å². The van der Waals surface area contributed by atoms with Gasteiger partial charge >= 0.3 is 0 Å². The van der Waals surface area contributed by atoms with Crippen LogP contribution in [0.4, 0.5) is 0 Å². The number of hydrogen-bond donors (Lipinski definition) is 1. The Morgan fingerprint density at radius 1 is 1.06 bits per heavy atom. The van der Waals surface area contributed by atoms with Crippen molar-refractivity contribution < 1.29 is 4.74 Å². The zero-order chi connectivity index (χ0) is 11.7. The highest BCUT2D eigenvalue weighted by Gasteiger charge is 2.40. The SMILES string of the molecule is CNC1CC2CCC(C1)N2CC1CCOCC1. The van der Waals surface area contributed by atoms with E-state index in [-0.39, 0.29) is 0 Å². The van der Waals surface area contributed by atoms with Crippen LogP contribution < -0.4 is 5.32 Å². The summed E-state index contributed by atoms with van der Waals surface area (Å²) in [5, 5.41) is 3.48. The predicted molar refractivity (Wildman–Crippen MR) is 69.1 cm³/mol. The molecular formula is C14H26N2O. The molecular weight excluding hydrogens is 212 g/mol. The Hall–Kier alpha value is -0.120. The van der Waals surface area contributed by atoms with Gasteiger partial charge in [-0.25, -0.2) is 0 Å². The van der Waals surface area contributed by atoms with Crippen molar-refractivity contribution in [1.29, 1.82) is 0 Å². The molecule has 3 nitrogen and oxygen atoms in total. The first-order valence-electron chi connectivity index (χ1n) is 7.37. The molecule has 0 spiro atoms. The first-order chi connectivity index (χ1) is 8.36. The van der Waals surface area contributed by atoms with Crippen LogP contribution in [0.25, 0.3) is 0 Å². The Bertz CT molecular complexity index is 239. The minimum atomic E-state index is 0.776. The van der Waals surface area contributed by atoms with E-state index in [1.54, 1.807) is 0 Å². The molecule has 17 heavy (non-hydrogen) atoms. The normalized spacial score (nSPS) is 39.7. The molecule has 3 saturated heterocycles. The average Bonchev–Trinajstić information content (AvgIpc) is 2.63. The molecule has 3 heterocycles. The molecule has 2 bridgehead atoms. The molecule has 3 heteroatoms. The van der Waals surface area contributed by atoms with Gasteiger partial charge in [0.05, 0.1) is 0 Å². The zero-order valence-electron chi connectivity index (χ0n) is 11.0. The molecule has 3 aliphatic heterocycles. The Labute approximate surface area is 105 Å². The monoisotopic (exact) mass is 238 g/mol. The van der Waals surface area contributed by atoms with Crippen LogP contribution in [-0.4, -0.2) is 49.8 Å². The molecule has 3 rings (SSSR count). The van der Waals surface area contributed by atoms with E-state index < -0.39 is 0 Å². The molecule has 0 saturated carbocycles. The highest BCUT2D eigenvalue weighted by Crippen LogP contribution is 2.36. The van der Waals surface area contributed by atoms with Gasteiger partial charge < -0.3 is 10.1 Å². The summed E-state index contributed by atoms with van der Waals surface area (Å²) in [7, 11) is 2.12. The quantitative estimate of drug-likeness (QED) is 0.809. The van der Waals surface area contributed by atoms with E-state index in [2.05, 4.69) is 17.3 Å². The predicted octanol–water partition coefficient (Wildman–Crippen LogP) is 1.63. The van der Waals surface area contributed by atoms with E-state index in [1.807, 2.05) is 0 Å². The van der Waals surface area contributed by atoms with E-state index in [1.165, 1.54) is 45.1 Å². The molecule has 2 atom stereocenters. The van der Waals surface area contributed by atoms with Gasteiger partial charge in [-0.05, 0) is 51.5 Å². The third-order valence-corrected chi connectivity index (χ3v) is 5.10. The number of hydrogen-bond acceptors (Lipinski definition) is 3. The lowest BCUT2D eigenvalue weighted by Crippen LogP contribution is -2.50. The van der Waals surface area contributed by atoms with Crippen LogP contribution in [0.3, 0.4) is 0 Å². The number of fused-ring (bicyclic) bond motifs is 2. The van der Waals surface area contributed by atoms with Crippen molar-refractivity contribution >= 4 is 0 Å². The van der Waals surface area contributed by atoms with Crippen LogP contribution in [0.15, 0.2) is 0 Å². The second-order valence-electron chi connectivity index (χ2n) is 6.09. The zero-order valence-corrected chi connectivity index (χ0v) is 11.0. The van der Waals surface area contributed by atoms with Crippen molar-refractivity contribution in [2.45, 2.75) is 56.7 Å². The van der Waals surface area contributed by atoms with Crippen molar-refractivity contribution in [2.24, 2.45) is 5.92 Å². The van der Waals surface area contributed by atoms with Gasteiger partial charge in [-0.1, -0.05) is 0 Å². The second-order valence-corrected chi connectivity index (χ2v) is 6.09. The molecule has 98 valence electrons. The fourth-order valence-corrected chi connectivity index (χ4v) is 4.04. The maximum Gasteiger partial charge on any atom is 0.0469 e. The van der Waals surface area contributed by atoms with Crippen LogP contribution in [0.5, 0.6) is 0 Å². The first-order valence-corrected chi connectivity index (χ1v) is 7.37. The Balaban J connectivity index is 1.57. The lowest BCUT2D eigenvalue weighted by atomic mass is 9.93. The Morgan fingerprint density at radius 2 is 1.71 bits per heavy atom. The highest BCUT2D eigenvalue weighted by molar-refractivity contribution is 4.97. The Kier molecular flexibility index (Phi) is 3.69. The fraction of sp³-hybridized carbons (Fsp3) is 1.00. The lowest BCUT2D eigenvalue weighted by Gasteiger charge is -2.41. The van der Waals surface area contributed by atoms with Crippen LogP contribution in [0, 0.1) is 5.92 Å². The summed E-state index contributed by atoms with van der Waals surface area (Å²) < 4.78 is 5.46. The molecule has 0 aromatic carbocycles. The van der Waals surface area contributed by atoms with Crippen LogP contribution in [0.2, 0.25) is 0 Å². The molecule has 0 aliphatic carbocycles. The molecule has 0 amide bonds. The molecule has 0 radical (unpaired) electrons. The molecule has 0 aromatic heterocycles. The molecule has 2 unspecified atom stereocenters. The van der Waals surface area contributed by atoms with E-state index in [9.17, 15) is 0 Å². The summed E-state index contributed by atoms with van der Waals surface area (Å²) in [6.07, 6.45) is 8.18. The third-order valence-electron chi connectivity index (χ3n) is 5.10. The minimum Gasteiger partial charge on any atom is -0.381 e. The summed E-state index contributed by atoms with van der Waals surface area (Å²) in [4.78, 5) is 2.84. The summed E-state index contributed by atoms with van der Waals surface area (Å²) in [6, 6.07) is 2.52. The molecule has 1 N–H and O–H groups in total. The number of nitrogens with zero attached hydrogens (tertiary/aromatic N) is 1. The maximum absolute atomic E-state index is 5.46. The van der Waals surface area contributed by atoms with Gasteiger partial charge in [-0.15, -0.1) is 0 Å². The van der Waals surface area contributed by atoms with Crippen molar-refractivity contribution in [2.75, 3.05) is 26.8 Å². The van der Waals surface area contributed by atoms with Gasteiger partial charge in [0.1, 0.15) is 0 Å². The first kappa shape index (κ1) is 11.9. The molecule has 3 fully saturated rings. The summed E-state index contributed by atoms with van der Waals surface area (Å²) in [6.45, 7) is 3.33. The molecule has 0 aromatic rings. The van der Waals surface area contributed by atoms with Crippen molar-refractivity contribution in [3.8, 4) is 0 Å². The van der Waals surface area contributed by atoms with Gasteiger partial charge in [-0.3, -0.25) is 4.90 Å². The number of nitrogens with one attached hydrogen (secondary N) is 1. The van der Waals surface area contributed by atoms with Crippen molar-refractivity contribution in [3.05, 3.63) is 0 Å². The Morgan fingerprint density at radius 3 is 2.29 bits per heavy atom. The maximum atomic E-state index is 5.46. The van der Waals surface area contributed by atoms with Crippen LogP contribution in [-0.2, 0) is 4.74 Å². The average molecular weight is 238 g/mol. The minimum absolute atomic E-state index is 0.776. The van der Waals surface area contributed by atoms with Gasteiger partial charge in [0.2, 0.25) is 0 Å². The number of ether oxygens (including phenoxy) is 1.